The largest absolute Gasteiger partial charge is 0.481 e. The Morgan fingerprint density at radius 2 is 1.63 bits per heavy atom. The molecule has 1 saturated carbocycles. The van der Waals surface area contributed by atoms with Crippen LogP contribution < -0.4 is 0 Å². The summed E-state index contributed by atoms with van der Waals surface area (Å²) in [7, 11) is 0. The maximum atomic E-state index is 13.2. The second kappa shape index (κ2) is 7.64. The Morgan fingerprint density at radius 3 is 2.22 bits per heavy atom. The number of benzene rings is 1. The minimum absolute atomic E-state index is 0.00274. The van der Waals surface area contributed by atoms with Gasteiger partial charge >= 0.3 is 5.97 Å². The molecule has 4 aliphatic rings. The number of allylic oxidation sites excluding steroid dienone is 2. The summed E-state index contributed by atoms with van der Waals surface area (Å²) in [6.45, 7) is 3.63. The minimum atomic E-state index is -0.829. The van der Waals surface area contributed by atoms with E-state index in [1.807, 2.05) is 35.2 Å². The van der Waals surface area contributed by atoms with E-state index < -0.39 is 17.8 Å². The normalized spacial score (nSPS) is 30.5. The third-order valence-corrected chi connectivity index (χ3v) is 6.72. The first-order chi connectivity index (χ1) is 13.0. The highest BCUT2D eigenvalue weighted by molar-refractivity contribution is 6.31. The summed E-state index contributed by atoms with van der Waals surface area (Å²) < 4.78 is 0. The molecule has 1 aliphatic heterocycles. The molecule has 6 heteroatoms. The molecular weight excluding hydrogens is 364 g/mol. The number of carbonyl (C=O) groups excluding carboxylic acids is 1. The number of carboxylic acid groups (broad SMARTS) is 1. The second-order valence-corrected chi connectivity index (χ2v) is 8.28. The number of carboxylic acids is 1. The standard InChI is InChI=1S/C21H25ClN2O3/c22-17-4-2-1-3-16(17)13-23-9-11-24(12-10-23)20(25)18-14-5-7-15(8-6-14)19(18)21(26)27/h1-5,7,14-15,18-19H,6,8-13H2,(H,26,27)/t14-,15-,18+,19+/m0/s1. The monoisotopic (exact) mass is 388 g/mol. The fraction of sp³-hybridized carbons (Fsp3) is 0.524. The van der Waals surface area contributed by atoms with Crippen LogP contribution >= 0.6 is 11.6 Å². The summed E-state index contributed by atoms with van der Waals surface area (Å²) in [5.41, 5.74) is 1.10. The van der Waals surface area contributed by atoms with Gasteiger partial charge in [-0.15, -0.1) is 0 Å². The molecule has 27 heavy (non-hydrogen) atoms. The van der Waals surface area contributed by atoms with Crippen LogP contribution in [0.2, 0.25) is 5.02 Å². The number of nitrogens with zero attached hydrogens (tertiary/aromatic N) is 2. The van der Waals surface area contributed by atoms with Gasteiger partial charge in [-0.3, -0.25) is 14.5 Å². The fourth-order valence-corrected chi connectivity index (χ4v) is 5.07. The zero-order chi connectivity index (χ0) is 19.0. The molecule has 0 radical (unpaired) electrons. The Kier molecular flexibility index (Phi) is 5.24. The first-order valence-electron chi connectivity index (χ1n) is 9.70. The second-order valence-electron chi connectivity index (χ2n) is 7.87. The average Bonchev–Trinajstić information content (AvgIpc) is 2.70. The Labute approximate surface area is 164 Å². The lowest BCUT2D eigenvalue weighted by Gasteiger charge is -2.45. The number of hydrogen-bond donors (Lipinski definition) is 1. The highest BCUT2D eigenvalue weighted by Gasteiger charge is 2.49. The molecule has 2 fully saturated rings. The Balaban J connectivity index is 1.39. The Hall–Kier alpha value is -1.85. The van der Waals surface area contributed by atoms with Crippen molar-refractivity contribution < 1.29 is 14.7 Å². The number of halogens is 1. The molecule has 2 bridgehead atoms. The minimum Gasteiger partial charge on any atom is -0.481 e. The van der Waals surface area contributed by atoms with E-state index in [0.29, 0.717) is 13.1 Å². The van der Waals surface area contributed by atoms with Gasteiger partial charge in [0.05, 0.1) is 11.8 Å². The van der Waals surface area contributed by atoms with Crippen LogP contribution in [0.5, 0.6) is 0 Å². The summed E-state index contributed by atoms with van der Waals surface area (Å²) in [5, 5.41) is 10.5. The molecule has 5 rings (SSSR count). The molecule has 1 heterocycles. The zero-order valence-electron chi connectivity index (χ0n) is 15.3. The third-order valence-electron chi connectivity index (χ3n) is 6.35. The molecule has 5 nitrogen and oxygen atoms in total. The van der Waals surface area contributed by atoms with Crippen LogP contribution in [-0.2, 0) is 16.1 Å². The van der Waals surface area contributed by atoms with Gasteiger partial charge in [0.1, 0.15) is 0 Å². The van der Waals surface area contributed by atoms with Crippen molar-refractivity contribution in [2.45, 2.75) is 19.4 Å². The number of piperazine rings is 1. The molecule has 1 amide bonds. The van der Waals surface area contributed by atoms with Crippen LogP contribution in [0.1, 0.15) is 18.4 Å². The summed E-state index contributed by atoms with van der Waals surface area (Å²) in [6, 6.07) is 7.84. The smallest absolute Gasteiger partial charge is 0.307 e. The number of rotatable bonds is 4. The molecule has 1 aromatic carbocycles. The van der Waals surface area contributed by atoms with Crippen molar-refractivity contribution in [3.63, 3.8) is 0 Å². The van der Waals surface area contributed by atoms with Gasteiger partial charge in [0.2, 0.25) is 5.91 Å². The lowest BCUT2D eigenvalue weighted by atomic mass is 9.62. The van der Waals surface area contributed by atoms with Crippen molar-refractivity contribution in [3.05, 3.63) is 47.0 Å². The van der Waals surface area contributed by atoms with Crippen LogP contribution in [0.15, 0.2) is 36.4 Å². The van der Waals surface area contributed by atoms with E-state index in [9.17, 15) is 14.7 Å². The highest BCUT2D eigenvalue weighted by Crippen LogP contribution is 2.45. The number of fused-ring (bicyclic) bond motifs is 2. The van der Waals surface area contributed by atoms with Gasteiger partial charge in [-0.2, -0.15) is 0 Å². The van der Waals surface area contributed by atoms with Crippen LogP contribution in [0.4, 0.5) is 0 Å². The van der Waals surface area contributed by atoms with Crippen molar-refractivity contribution in [1.82, 2.24) is 9.80 Å². The molecule has 1 aromatic rings. The number of carbonyl (C=O) groups is 2. The number of amides is 1. The van der Waals surface area contributed by atoms with Crippen molar-refractivity contribution >= 4 is 23.5 Å². The molecule has 4 atom stereocenters. The maximum absolute atomic E-state index is 13.2. The molecule has 3 aliphatic carbocycles. The van der Waals surface area contributed by atoms with Gasteiger partial charge in [-0.05, 0) is 36.3 Å². The van der Waals surface area contributed by atoms with E-state index in [4.69, 9.17) is 11.6 Å². The van der Waals surface area contributed by atoms with Crippen molar-refractivity contribution in [2.24, 2.45) is 23.7 Å². The van der Waals surface area contributed by atoms with Crippen LogP contribution in [0.25, 0.3) is 0 Å². The summed E-state index contributed by atoms with van der Waals surface area (Å²) in [6.07, 6.45) is 5.89. The molecule has 0 unspecified atom stereocenters. The first-order valence-corrected chi connectivity index (χ1v) is 10.1. The van der Waals surface area contributed by atoms with Crippen molar-refractivity contribution in [1.29, 1.82) is 0 Å². The zero-order valence-corrected chi connectivity index (χ0v) is 16.0. The van der Waals surface area contributed by atoms with Gasteiger partial charge in [-0.25, -0.2) is 0 Å². The average molecular weight is 389 g/mol. The van der Waals surface area contributed by atoms with Crippen molar-refractivity contribution in [3.8, 4) is 0 Å². The summed E-state index contributed by atoms with van der Waals surface area (Å²) in [5.74, 6) is -1.69. The fourth-order valence-electron chi connectivity index (χ4n) is 4.87. The molecular formula is C21H25ClN2O3. The number of hydrogen-bond acceptors (Lipinski definition) is 3. The Bertz CT molecular complexity index is 758. The summed E-state index contributed by atoms with van der Waals surface area (Å²) >= 11 is 6.25. The van der Waals surface area contributed by atoms with E-state index in [0.717, 1.165) is 43.1 Å². The van der Waals surface area contributed by atoms with Gasteiger partial charge in [0, 0.05) is 37.7 Å². The van der Waals surface area contributed by atoms with E-state index in [2.05, 4.69) is 11.0 Å². The van der Waals surface area contributed by atoms with Gasteiger partial charge in [0.15, 0.2) is 0 Å². The van der Waals surface area contributed by atoms with Crippen molar-refractivity contribution in [2.75, 3.05) is 26.2 Å². The number of aliphatic carboxylic acids is 1. The van der Waals surface area contributed by atoms with Gasteiger partial charge < -0.3 is 10.0 Å². The van der Waals surface area contributed by atoms with E-state index >= 15 is 0 Å². The molecule has 144 valence electrons. The maximum Gasteiger partial charge on any atom is 0.307 e. The van der Waals surface area contributed by atoms with Gasteiger partial charge in [0.25, 0.3) is 0 Å². The van der Waals surface area contributed by atoms with Crippen LogP contribution in [-0.4, -0.2) is 53.0 Å². The SMILES string of the molecule is O=C(O)[C@H]1[C@H](C(=O)N2CCN(Cc3ccccc3Cl)CC2)[C@H]2C=C[C@H]1CC2. The molecule has 1 saturated heterocycles. The predicted molar refractivity (Wildman–Crippen MR) is 103 cm³/mol. The lowest BCUT2D eigenvalue weighted by Crippen LogP contribution is -2.55. The molecule has 0 spiro atoms. The van der Waals surface area contributed by atoms with E-state index in [-0.39, 0.29) is 17.7 Å². The lowest BCUT2D eigenvalue weighted by molar-refractivity contribution is -0.157. The first kappa shape index (κ1) is 18.5. The van der Waals surface area contributed by atoms with Gasteiger partial charge in [-0.1, -0.05) is 42.0 Å². The summed E-state index contributed by atoms with van der Waals surface area (Å²) in [4.78, 5) is 29.1. The highest BCUT2D eigenvalue weighted by atomic mass is 35.5. The predicted octanol–water partition coefficient (Wildman–Crippen LogP) is 2.90. The third kappa shape index (κ3) is 3.63. The van der Waals surface area contributed by atoms with E-state index in [1.165, 1.54) is 0 Å². The topological polar surface area (TPSA) is 60.9 Å². The van der Waals surface area contributed by atoms with E-state index in [1.54, 1.807) is 0 Å². The quantitative estimate of drug-likeness (QED) is 0.806. The molecule has 1 N–H and O–H groups in total. The van der Waals surface area contributed by atoms with Crippen LogP contribution in [0, 0.1) is 23.7 Å². The Morgan fingerprint density at radius 1 is 1.00 bits per heavy atom. The van der Waals surface area contributed by atoms with Crippen LogP contribution in [0.3, 0.4) is 0 Å². The molecule has 0 aromatic heterocycles.